The Morgan fingerprint density at radius 3 is 2.71 bits per heavy atom. The average molecular weight is 328 g/mol. The van der Waals surface area contributed by atoms with E-state index in [1.807, 2.05) is 17.8 Å². The first-order valence-corrected chi connectivity index (χ1v) is 7.93. The minimum atomic E-state index is 0.137. The van der Waals surface area contributed by atoms with E-state index in [-0.39, 0.29) is 6.04 Å². The molecule has 0 aliphatic heterocycles. The smallest absolute Gasteiger partial charge is 0.0586 e. The lowest BCUT2D eigenvalue weighted by atomic mass is 10.2. The molecule has 0 bridgehead atoms. The average Bonchev–Trinajstić information content (AvgIpc) is 2.78. The number of nitrogens with two attached hydrogens (primary N) is 1. The highest BCUT2D eigenvalue weighted by molar-refractivity contribution is 9.10. The zero-order valence-electron chi connectivity index (χ0n) is 9.47. The van der Waals surface area contributed by atoms with E-state index in [1.54, 1.807) is 11.3 Å². The molecule has 1 heterocycles. The van der Waals surface area contributed by atoms with Crippen LogP contribution in [0.2, 0.25) is 0 Å². The molecule has 1 aromatic heterocycles. The molecule has 17 heavy (non-hydrogen) atoms. The van der Waals surface area contributed by atoms with E-state index in [4.69, 9.17) is 5.73 Å². The van der Waals surface area contributed by atoms with Crippen molar-refractivity contribution in [1.82, 2.24) is 0 Å². The summed E-state index contributed by atoms with van der Waals surface area (Å²) in [7, 11) is 0. The zero-order chi connectivity index (χ0) is 12.3. The van der Waals surface area contributed by atoms with E-state index < -0.39 is 0 Å². The van der Waals surface area contributed by atoms with Crippen molar-refractivity contribution in [2.45, 2.75) is 23.1 Å². The fraction of sp³-hybridized carbons (Fsp3) is 0.231. The Hall–Kier alpha value is -0.290. The molecule has 2 atom stereocenters. The highest BCUT2D eigenvalue weighted by Crippen LogP contribution is 2.39. The van der Waals surface area contributed by atoms with Crippen LogP contribution in [0.5, 0.6) is 0 Å². The van der Waals surface area contributed by atoms with Crippen LogP contribution < -0.4 is 5.73 Å². The first kappa shape index (κ1) is 13.1. The predicted octanol–water partition coefficient (Wildman–Crippen LogP) is 4.69. The highest BCUT2D eigenvalue weighted by atomic mass is 79.9. The van der Waals surface area contributed by atoms with Crippen LogP contribution in [0.25, 0.3) is 0 Å². The van der Waals surface area contributed by atoms with Gasteiger partial charge < -0.3 is 5.73 Å². The number of benzene rings is 1. The van der Waals surface area contributed by atoms with Crippen molar-refractivity contribution in [3.8, 4) is 0 Å². The summed E-state index contributed by atoms with van der Waals surface area (Å²) in [5.74, 6) is 0. The van der Waals surface area contributed by atoms with Gasteiger partial charge in [0.05, 0.1) is 5.25 Å². The van der Waals surface area contributed by atoms with Crippen LogP contribution in [0.1, 0.15) is 17.1 Å². The van der Waals surface area contributed by atoms with Gasteiger partial charge in [-0.25, -0.2) is 0 Å². The van der Waals surface area contributed by atoms with Gasteiger partial charge in [0.1, 0.15) is 0 Å². The Labute approximate surface area is 119 Å². The molecule has 0 saturated heterocycles. The van der Waals surface area contributed by atoms with Gasteiger partial charge in [-0.15, -0.1) is 23.1 Å². The summed E-state index contributed by atoms with van der Waals surface area (Å²) in [4.78, 5) is 2.58. The van der Waals surface area contributed by atoms with Crippen LogP contribution in [-0.2, 0) is 0 Å². The summed E-state index contributed by atoms with van der Waals surface area (Å²) in [5, 5.41) is 2.43. The van der Waals surface area contributed by atoms with Gasteiger partial charge in [0.2, 0.25) is 0 Å². The van der Waals surface area contributed by atoms with Crippen molar-refractivity contribution in [2.75, 3.05) is 0 Å². The molecule has 90 valence electrons. The Morgan fingerprint density at radius 1 is 1.29 bits per heavy atom. The predicted molar refractivity (Wildman–Crippen MR) is 80.7 cm³/mol. The molecule has 0 saturated carbocycles. The molecular weight excluding hydrogens is 314 g/mol. The molecule has 0 aliphatic carbocycles. The molecule has 2 unspecified atom stereocenters. The van der Waals surface area contributed by atoms with E-state index >= 15 is 0 Å². The zero-order valence-corrected chi connectivity index (χ0v) is 12.7. The molecule has 1 nitrogen and oxygen atoms in total. The monoisotopic (exact) mass is 327 g/mol. The third kappa shape index (κ3) is 3.58. The summed E-state index contributed by atoms with van der Waals surface area (Å²) in [5.41, 5.74) is 6.09. The van der Waals surface area contributed by atoms with Gasteiger partial charge in [-0.2, -0.15) is 0 Å². The molecule has 2 aromatic rings. The molecule has 4 heteroatoms. The summed E-state index contributed by atoms with van der Waals surface area (Å²) in [6.07, 6.45) is 0. The van der Waals surface area contributed by atoms with Crippen molar-refractivity contribution in [3.63, 3.8) is 0 Å². The second kappa shape index (κ2) is 6.05. The summed E-state index contributed by atoms with van der Waals surface area (Å²) < 4.78 is 1.11. The lowest BCUT2D eigenvalue weighted by molar-refractivity contribution is 0.730. The molecule has 0 amide bonds. The van der Waals surface area contributed by atoms with Gasteiger partial charge >= 0.3 is 0 Å². The Kier molecular flexibility index (Phi) is 4.68. The van der Waals surface area contributed by atoms with E-state index in [1.165, 1.54) is 9.77 Å². The van der Waals surface area contributed by atoms with Crippen molar-refractivity contribution < 1.29 is 0 Å². The summed E-state index contributed by atoms with van der Waals surface area (Å²) >= 11 is 7.09. The number of hydrogen-bond donors (Lipinski definition) is 1. The van der Waals surface area contributed by atoms with Crippen LogP contribution >= 0.6 is 39.0 Å². The van der Waals surface area contributed by atoms with Gasteiger partial charge in [-0.1, -0.05) is 28.1 Å². The minimum Gasteiger partial charge on any atom is -0.327 e. The third-order valence-electron chi connectivity index (χ3n) is 2.36. The third-order valence-corrected chi connectivity index (χ3v) is 5.42. The van der Waals surface area contributed by atoms with Gasteiger partial charge in [-0.3, -0.25) is 0 Å². The summed E-state index contributed by atoms with van der Waals surface area (Å²) in [6, 6.07) is 12.7. The van der Waals surface area contributed by atoms with Crippen molar-refractivity contribution in [3.05, 3.63) is 51.1 Å². The lowest BCUT2D eigenvalue weighted by Gasteiger charge is -2.19. The summed E-state index contributed by atoms with van der Waals surface area (Å²) in [6.45, 7) is 2.06. The first-order valence-electron chi connectivity index (χ1n) is 5.38. The highest BCUT2D eigenvalue weighted by Gasteiger charge is 2.18. The quantitative estimate of drug-likeness (QED) is 0.824. The maximum atomic E-state index is 6.09. The van der Waals surface area contributed by atoms with Gasteiger partial charge in [0, 0.05) is 20.3 Å². The maximum Gasteiger partial charge on any atom is 0.0586 e. The van der Waals surface area contributed by atoms with Crippen LogP contribution in [0.15, 0.2) is 51.1 Å². The molecule has 2 N–H and O–H groups in total. The number of thioether (sulfide) groups is 1. The second-order valence-corrected chi connectivity index (χ2v) is 6.98. The largest absolute Gasteiger partial charge is 0.327 e. The molecule has 2 rings (SSSR count). The van der Waals surface area contributed by atoms with Crippen molar-refractivity contribution in [1.29, 1.82) is 0 Å². The van der Waals surface area contributed by atoms with Crippen LogP contribution in [-0.4, -0.2) is 6.04 Å². The standard InChI is InChI=1S/C13H14BrNS2/c1-9(15)13(12-6-3-7-16-12)17-11-5-2-4-10(14)8-11/h2-9,13H,15H2,1H3. The fourth-order valence-electron chi connectivity index (χ4n) is 1.56. The molecule has 1 aromatic carbocycles. The van der Waals surface area contributed by atoms with Crippen LogP contribution in [0.3, 0.4) is 0 Å². The maximum absolute atomic E-state index is 6.09. The Bertz CT molecular complexity index is 468. The SMILES string of the molecule is CC(N)C(Sc1cccc(Br)c1)c1cccs1. The Balaban J connectivity index is 2.19. The fourth-order valence-corrected chi connectivity index (χ4v) is 4.30. The van der Waals surface area contributed by atoms with E-state index in [0.29, 0.717) is 5.25 Å². The van der Waals surface area contributed by atoms with E-state index in [2.05, 4.69) is 58.6 Å². The van der Waals surface area contributed by atoms with Crippen molar-refractivity contribution >= 4 is 39.0 Å². The lowest BCUT2D eigenvalue weighted by Crippen LogP contribution is -2.21. The van der Waals surface area contributed by atoms with Gasteiger partial charge in [0.25, 0.3) is 0 Å². The molecule has 0 radical (unpaired) electrons. The van der Waals surface area contributed by atoms with Crippen LogP contribution in [0.4, 0.5) is 0 Å². The molecule has 0 spiro atoms. The number of halogens is 1. The van der Waals surface area contributed by atoms with Crippen molar-refractivity contribution in [2.24, 2.45) is 5.73 Å². The topological polar surface area (TPSA) is 26.0 Å². The molecular formula is C13H14BrNS2. The van der Waals surface area contributed by atoms with E-state index in [0.717, 1.165) is 4.47 Å². The second-order valence-electron chi connectivity index (χ2n) is 3.87. The molecule has 0 aliphatic rings. The number of thiophene rings is 1. The van der Waals surface area contributed by atoms with Gasteiger partial charge in [0.15, 0.2) is 0 Å². The number of rotatable bonds is 4. The number of hydrogen-bond acceptors (Lipinski definition) is 3. The van der Waals surface area contributed by atoms with E-state index in [9.17, 15) is 0 Å². The van der Waals surface area contributed by atoms with Gasteiger partial charge in [-0.05, 0) is 36.6 Å². The normalized spacial score (nSPS) is 14.5. The molecule has 0 fully saturated rings. The Morgan fingerprint density at radius 2 is 2.12 bits per heavy atom. The minimum absolute atomic E-state index is 0.137. The first-order chi connectivity index (χ1) is 8.16. The van der Waals surface area contributed by atoms with Crippen LogP contribution in [0, 0.1) is 0 Å².